The second-order valence-electron chi connectivity index (χ2n) is 22.2. The molecule has 6 aromatic carbocycles. The van der Waals surface area contributed by atoms with E-state index in [9.17, 15) is 43.2 Å². The average molecular weight is 1090 g/mol. The van der Waals surface area contributed by atoms with Crippen LogP contribution in [0, 0.1) is 29.6 Å². The Kier molecular flexibility index (Phi) is 15.4. The fourth-order valence-corrected chi connectivity index (χ4v) is 12.0. The van der Waals surface area contributed by atoms with Crippen LogP contribution < -0.4 is 18.8 Å². The number of halogens is 6. The van der Waals surface area contributed by atoms with Gasteiger partial charge in [0.15, 0.2) is 11.5 Å². The Labute approximate surface area is 443 Å². The van der Waals surface area contributed by atoms with Crippen LogP contribution >= 0.6 is 0 Å². The second kappa shape index (κ2) is 20.8. The standard InChI is InChI=1S/C62H66F6O6S2/c1-33(2)41-27-47(35(5)6)59(48(28-41)36(7)8)39-21-23-43-51(25-39)55-31-54(46-18-14-16-20-58(46)74-76(71,72)62(66,67)68)44-24-22-40(60-49(37(9)10)29-42(34(3)4)30-50(60)38(11)12)26-52(44)56(55)32-53(43)45-17-13-15-19-57(45)73-75(69,70)61(63,64)65/h13-21,23-29,31-38,40,42H,22,30H2,1-12H3. The molecule has 0 bridgehead atoms. The smallest absolute Gasteiger partial charge is 0.375 e. The fourth-order valence-electron chi connectivity index (χ4n) is 11.1. The molecule has 2 aliphatic rings. The summed E-state index contributed by atoms with van der Waals surface area (Å²) in [6.07, 6.45) is 7.90. The zero-order valence-electron chi connectivity index (χ0n) is 45.0. The third-order valence-electron chi connectivity index (χ3n) is 15.1. The lowest BCUT2D eigenvalue weighted by Crippen LogP contribution is -2.34. The largest absolute Gasteiger partial charge is 0.534 e. The van der Waals surface area contributed by atoms with E-state index in [2.05, 4.69) is 107 Å². The van der Waals surface area contributed by atoms with Crippen molar-refractivity contribution in [1.29, 1.82) is 0 Å². The average Bonchev–Trinajstić information content (AvgIpc) is 3.40. The first kappa shape index (κ1) is 56.3. The zero-order chi connectivity index (χ0) is 55.7. The molecule has 0 saturated heterocycles. The van der Waals surface area contributed by atoms with Gasteiger partial charge in [0.05, 0.1) is 0 Å². The van der Waals surface area contributed by atoms with E-state index in [1.807, 2.05) is 36.4 Å². The van der Waals surface area contributed by atoms with Crippen molar-refractivity contribution in [3.05, 3.63) is 141 Å². The molecule has 14 heteroatoms. The van der Waals surface area contributed by atoms with Crippen molar-refractivity contribution in [3.8, 4) is 44.9 Å². The first-order chi connectivity index (χ1) is 35.4. The third-order valence-corrected chi connectivity index (χ3v) is 17.0. The molecular weight excluding hydrogens is 1020 g/mol. The summed E-state index contributed by atoms with van der Waals surface area (Å²) in [4.78, 5) is 0. The van der Waals surface area contributed by atoms with Crippen LogP contribution in [0.1, 0.15) is 130 Å². The molecule has 0 amide bonds. The number of rotatable bonds is 14. The predicted octanol–water partition coefficient (Wildman–Crippen LogP) is 16.6. The van der Waals surface area contributed by atoms with Gasteiger partial charge in [-0.2, -0.15) is 43.2 Å². The van der Waals surface area contributed by atoms with Gasteiger partial charge in [-0.05, 0) is 167 Å². The predicted molar refractivity (Wildman–Crippen MR) is 295 cm³/mol. The van der Waals surface area contributed by atoms with Gasteiger partial charge in [-0.1, -0.05) is 168 Å². The lowest BCUT2D eigenvalue weighted by molar-refractivity contribution is -0.0504. The highest BCUT2D eigenvalue weighted by Crippen LogP contribution is 2.47. The fraction of sp³-hybridized carbons (Fsp3) is 0.387. The van der Waals surface area contributed by atoms with Crippen molar-refractivity contribution < 1.29 is 51.5 Å². The third kappa shape index (κ3) is 10.6. The van der Waals surface area contributed by atoms with E-state index >= 15 is 0 Å². The number of alkyl halides is 6. The first-order valence-corrected chi connectivity index (χ1v) is 28.8. The highest BCUT2D eigenvalue weighted by atomic mass is 32.2. The molecule has 8 rings (SSSR count). The van der Waals surface area contributed by atoms with E-state index < -0.39 is 42.8 Å². The van der Waals surface area contributed by atoms with Gasteiger partial charge in [0.25, 0.3) is 0 Å². The number of allylic oxidation sites excluding steroid dienone is 4. The maximum Gasteiger partial charge on any atom is 0.534 e. The van der Waals surface area contributed by atoms with E-state index in [0.717, 1.165) is 28.7 Å². The molecule has 0 fully saturated rings. The van der Waals surface area contributed by atoms with Crippen LogP contribution in [-0.2, 0) is 20.2 Å². The summed E-state index contributed by atoms with van der Waals surface area (Å²) in [5.74, 6) is 0.0495. The van der Waals surface area contributed by atoms with Gasteiger partial charge < -0.3 is 8.37 Å². The van der Waals surface area contributed by atoms with Crippen molar-refractivity contribution in [2.45, 2.75) is 125 Å². The van der Waals surface area contributed by atoms with Gasteiger partial charge in [0.1, 0.15) is 0 Å². The van der Waals surface area contributed by atoms with Gasteiger partial charge in [-0.15, -0.1) is 0 Å². The minimum atomic E-state index is -6.13. The molecule has 0 saturated carbocycles. The minimum Gasteiger partial charge on any atom is -0.375 e. The van der Waals surface area contributed by atoms with Gasteiger partial charge >= 0.3 is 31.3 Å². The molecular formula is C62H66F6O6S2. The Morgan fingerprint density at radius 2 is 1.03 bits per heavy atom. The van der Waals surface area contributed by atoms with Crippen LogP contribution in [0.5, 0.6) is 11.5 Å². The lowest BCUT2D eigenvalue weighted by atomic mass is 9.69. The molecule has 6 aromatic rings. The lowest BCUT2D eigenvalue weighted by Gasteiger charge is -2.36. The molecule has 0 heterocycles. The van der Waals surface area contributed by atoms with Gasteiger partial charge in [0.2, 0.25) is 0 Å². The van der Waals surface area contributed by atoms with E-state index in [1.54, 1.807) is 12.1 Å². The number of para-hydroxylation sites is 2. The molecule has 2 unspecified atom stereocenters. The van der Waals surface area contributed by atoms with Gasteiger partial charge in [-0.25, -0.2) is 0 Å². The van der Waals surface area contributed by atoms with Crippen LogP contribution in [0.4, 0.5) is 26.3 Å². The Balaban J connectivity index is 1.59. The number of fused-ring (bicyclic) bond motifs is 5. The zero-order valence-corrected chi connectivity index (χ0v) is 46.6. The SMILES string of the molecule is CC(C)C1=CC(C(C)C)CC(C(C)C)=C1C1C=c2c(c(-c3ccccc3OS(=O)(=O)C(F)(F)F)cc3c2cc(-c2ccccc2OS(=O)(=O)C(F)(F)F)c2ccc(-c4c(C(C)C)cc(C(C)C)cc4C(C)C)cc23)=CC1. The first-order valence-electron chi connectivity index (χ1n) is 26.0. The molecule has 0 N–H and O–H groups in total. The van der Waals surface area contributed by atoms with Crippen molar-refractivity contribution in [3.63, 3.8) is 0 Å². The summed E-state index contributed by atoms with van der Waals surface area (Å²) in [5, 5.41) is 3.49. The Bertz CT molecular complexity index is 3660. The summed E-state index contributed by atoms with van der Waals surface area (Å²) in [5.41, 5.74) is -1.63. The van der Waals surface area contributed by atoms with E-state index in [1.165, 1.54) is 58.7 Å². The van der Waals surface area contributed by atoms with Gasteiger partial charge in [0, 0.05) is 17.0 Å². The topological polar surface area (TPSA) is 86.7 Å². The molecule has 404 valence electrons. The second-order valence-corrected chi connectivity index (χ2v) is 25.3. The monoisotopic (exact) mass is 1080 g/mol. The number of hydrogen-bond donors (Lipinski definition) is 0. The summed E-state index contributed by atoms with van der Waals surface area (Å²) in [6.45, 7) is 26.0. The van der Waals surface area contributed by atoms with Crippen LogP contribution in [-0.4, -0.2) is 27.9 Å². The summed E-state index contributed by atoms with van der Waals surface area (Å²) >= 11 is 0. The summed E-state index contributed by atoms with van der Waals surface area (Å²) < 4.78 is 146. The number of benzene rings is 6. The maximum absolute atomic E-state index is 14.1. The molecule has 76 heavy (non-hydrogen) atoms. The summed E-state index contributed by atoms with van der Waals surface area (Å²) in [7, 11) is -12.3. The highest BCUT2D eigenvalue weighted by molar-refractivity contribution is 7.88. The molecule has 2 aliphatic carbocycles. The Hall–Kier alpha value is -5.86. The quantitative estimate of drug-likeness (QED) is 0.0467. The van der Waals surface area contributed by atoms with Crippen molar-refractivity contribution in [1.82, 2.24) is 0 Å². The molecule has 0 spiro atoms. The maximum atomic E-state index is 14.1. The van der Waals surface area contributed by atoms with Crippen molar-refractivity contribution >= 4 is 53.9 Å². The molecule has 0 aliphatic heterocycles. The minimum absolute atomic E-state index is 0.0640. The van der Waals surface area contributed by atoms with E-state index in [0.29, 0.717) is 61.4 Å². The highest BCUT2D eigenvalue weighted by Gasteiger charge is 2.50. The molecule has 6 nitrogen and oxygen atoms in total. The van der Waals surface area contributed by atoms with Crippen molar-refractivity contribution in [2.24, 2.45) is 29.6 Å². The Morgan fingerprint density at radius 1 is 0.513 bits per heavy atom. The van der Waals surface area contributed by atoms with Crippen LogP contribution in [0.15, 0.2) is 114 Å². The van der Waals surface area contributed by atoms with Crippen LogP contribution in [0.3, 0.4) is 0 Å². The van der Waals surface area contributed by atoms with E-state index in [-0.39, 0.29) is 46.6 Å². The molecule has 0 aromatic heterocycles. The Morgan fingerprint density at radius 3 is 1.51 bits per heavy atom. The van der Waals surface area contributed by atoms with Crippen LogP contribution in [0.25, 0.3) is 67.1 Å². The normalized spacial score (nSPS) is 16.8. The van der Waals surface area contributed by atoms with Crippen molar-refractivity contribution in [2.75, 3.05) is 0 Å². The molecule has 2 atom stereocenters. The van der Waals surface area contributed by atoms with Crippen LogP contribution in [0.2, 0.25) is 0 Å². The summed E-state index contributed by atoms with van der Waals surface area (Å²) in [6, 6.07) is 25.3. The van der Waals surface area contributed by atoms with E-state index in [4.69, 9.17) is 8.37 Å². The molecule has 0 radical (unpaired) electrons. The number of hydrogen-bond acceptors (Lipinski definition) is 6. The van der Waals surface area contributed by atoms with Gasteiger partial charge in [-0.3, -0.25) is 0 Å².